The lowest BCUT2D eigenvalue weighted by molar-refractivity contribution is 0.0489. The number of aryl methyl sites for hydroxylation is 3. The van der Waals surface area contributed by atoms with E-state index in [9.17, 15) is 0 Å². The first-order valence-corrected chi connectivity index (χ1v) is 9.64. The van der Waals surface area contributed by atoms with E-state index in [-0.39, 0.29) is 6.10 Å². The summed E-state index contributed by atoms with van der Waals surface area (Å²) in [6.07, 6.45) is 4.43. The molecule has 4 heteroatoms. The Morgan fingerprint density at radius 3 is 2.19 bits per heavy atom. The minimum Gasteiger partial charge on any atom is -0.481 e. The third-order valence-electron chi connectivity index (χ3n) is 5.04. The molecule has 142 valence electrons. The number of rotatable bonds is 9. The molecule has 1 aromatic heterocycles. The van der Waals surface area contributed by atoms with Crippen molar-refractivity contribution in [3.8, 4) is 5.88 Å². The van der Waals surface area contributed by atoms with Crippen LogP contribution in [0.3, 0.4) is 0 Å². The average Bonchev–Trinajstić information content (AvgIpc) is 2.66. The number of hydrogen-bond donors (Lipinski definition) is 0. The van der Waals surface area contributed by atoms with Gasteiger partial charge >= 0.3 is 0 Å². The van der Waals surface area contributed by atoms with Crippen molar-refractivity contribution >= 4 is 0 Å². The summed E-state index contributed by atoms with van der Waals surface area (Å²) in [6, 6.07) is 6.67. The monoisotopic (exact) mass is 356 g/mol. The van der Waals surface area contributed by atoms with E-state index in [2.05, 4.69) is 48.9 Å². The van der Waals surface area contributed by atoms with Crippen LogP contribution < -0.4 is 4.74 Å². The molecule has 2 unspecified atom stereocenters. The number of methoxy groups -OCH3 is 1. The summed E-state index contributed by atoms with van der Waals surface area (Å²) in [5, 5.41) is 0. The van der Waals surface area contributed by atoms with Crippen molar-refractivity contribution in [2.24, 2.45) is 0 Å². The van der Waals surface area contributed by atoms with E-state index >= 15 is 0 Å². The lowest BCUT2D eigenvalue weighted by Crippen LogP contribution is -2.14. The molecule has 2 rings (SSSR count). The van der Waals surface area contributed by atoms with Crippen molar-refractivity contribution in [1.82, 2.24) is 9.97 Å². The van der Waals surface area contributed by atoms with E-state index in [4.69, 9.17) is 9.47 Å². The van der Waals surface area contributed by atoms with Gasteiger partial charge in [0, 0.05) is 6.61 Å². The first kappa shape index (κ1) is 20.4. The van der Waals surface area contributed by atoms with Gasteiger partial charge in [0.05, 0.1) is 24.5 Å². The van der Waals surface area contributed by atoms with Gasteiger partial charge in [-0.05, 0) is 55.7 Å². The minimum atomic E-state index is -0.0826. The van der Waals surface area contributed by atoms with Gasteiger partial charge in [-0.15, -0.1) is 0 Å². The standard InChI is InChI=1S/C22H32N2O2/c1-7-17-11-10-12-18(8-2)20(17)15(4)13-19(26-9-3)21-16(5)23-14-24-22(21)25-6/h10-12,14-15,19H,7-9,13H2,1-6H3. The highest BCUT2D eigenvalue weighted by molar-refractivity contribution is 5.39. The van der Waals surface area contributed by atoms with E-state index in [0.717, 1.165) is 30.5 Å². The molecule has 0 saturated carbocycles. The number of nitrogens with zero attached hydrogens (tertiary/aromatic N) is 2. The van der Waals surface area contributed by atoms with Crippen LogP contribution in [0.2, 0.25) is 0 Å². The summed E-state index contributed by atoms with van der Waals surface area (Å²) in [7, 11) is 1.65. The number of hydrogen-bond acceptors (Lipinski definition) is 4. The average molecular weight is 357 g/mol. The Balaban J connectivity index is 2.40. The first-order valence-electron chi connectivity index (χ1n) is 9.64. The van der Waals surface area contributed by atoms with Gasteiger partial charge in [0.2, 0.25) is 5.88 Å². The lowest BCUT2D eigenvalue weighted by atomic mass is 9.84. The SMILES string of the molecule is CCOC(CC(C)c1c(CC)cccc1CC)c1c(C)ncnc1OC. The quantitative estimate of drug-likeness (QED) is 0.620. The molecule has 0 N–H and O–H groups in total. The van der Waals surface area contributed by atoms with Crippen LogP contribution in [0.5, 0.6) is 5.88 Å². The topological polar surface area (TPSA) is 44.2 Å². The third kappa shape index (κ3) is 4.42. The fraction of sp³-hybridized carbons (Fsp3) is 0.545. The van der Waals surface area contributed by atoms with Gasteiger partial charge in [-0.3, -0.25) is 0 Å². The van der Waals surface area contributed by atoms with Crippen LogP contribution in [-0.2, 0) is 17.6 Å². The predicted molar refractivity (Wildman–Crippen MR) is 106 cm³/mol. The second-order valence-corrected chi connectivity index (χ2v) is 6.66. The molecule has 1 heterocycles. The molecule has 2 atom stereocenters. The van der Waals surface area contributed by atoms with E-state index < -0.39 is 0 Å². The largest absolute Gasteiger partial charge is 0.481 e. The van der Waals surface area contributed by atoms with Gasteiger partial charge in [0.1, 0.15) is 6.33 Å². The summed E-state index contributed by atoms with van der Waals surface area (Å²) >= 11 is 0. The maximum Gasteiger partial charge on any atom is 0.222 e. The van der Waals surface area contributed by atoms with E-state index in [1.165, 1.54) is 16.7 Å². The molecule has 1 aromatic carbocycles. The molecular formula is C22H32N2O2. The molecule has 0 aliphatic rings. The minimum absolute atomic E-state index is 0.0826. The Bertz CT molecular complexity index is 693. The second kappa shape index (κ2) is 9.67. The van der Waals surface area contributed by atoms with Crippen molar-refractivity contribution in [3.63, 3.8) is 0 Å². The Hall–Kier alpha value is -1.94. The fourth-order valence-electron chi connectivity index (χ4n) is 3.82. The second-order valence-electron chi connectivity index (χ2n) is 6.66. The Morgan fingerprint density at radius 1 is 1.00 bits per heavy atom. The molecule has 2 aromatic rings. The summed E-state index contributed by atoms with van der Waals surface area (Å²) in [5.74, 6) is 0.990. The number of benzene rings is 1. The normalized spacial score (nSPS) is 13.5. The van der Waals surface area contributed by atoms with Gasteiger partial charge < -0.3 is 9.47 Å². The predicted octanol–water partition coefficient (Wildman–Crippen LogP) is 5.19. The van der Waals surface area contributed by atoms with Crippen LogP contribution in [-0.4, -0.2) is 23.7 Å². The van der Waals surface area contributed by atoms with Crippen molar-refractivity contribution in [2.75, 3.05) is 13.7 Å². The van der Waals surface area contributed by atoms with Gasteiger partial charge in [0.25, 0.3) is 0 Å². The molecule has 0 fully saturated rings. The Labute approximate surface area is 158 Å². The molecular weight excluding hydrogens is 324 g/mol. The zero-order valence-corrected chi connectivity index (χ0v) is 17.0. The summed E-state index contributed by atoms with van der Waals surface area (Å²) in [6.45, 7) is 11.4. The molecule has 0 saturated heterocycles. The number of ether oxygens (including phenoxy) is 2. The molecule has 0 aliphatic heterocycles. The summed E-state index contributed by atoms with van der Waals surface area (Å²) in [5.41, 5.74) is 6.22. The van der Waals surface area contributed by atoms with E-state index in [1.807, 2.05) is 13.8 Å². The lowest BCUT2D eigenvalue weighted by Gasteiger charge is -2.26. The zero-order chi connectivity index (χ0) is 19.1. The highest BCUT2D eigenvalue weighted by atomic mass is 16.5. The van der Waals surface area contributed by atoms with Crippen LogP contribution in [0.15, 0.2) is 24.5 Å². The highest BCUT2D eigenvalue weighted by Crippen LogP contribution is 2.37. The third-order valence-corrected chi connectivity index (χ3v) is 5.04. The Kier molecular flexibility index (Phi) is 7.58. The van der Waals surface area contributed by atoms with E-state index in [0.29, 0.717) is 18.4 Å². The van der Waals surface area contributed by atoms with Crippen LogP contribution in [0.1, 0.15) is 74.1 Å². The van der Waals surface area contributed by atoms with Crippen molar-refractivity contribution in [1.29, 1.82) is 0 Å². The summed E-state index contributed by atoms with van der Waals surface area (Å²) in [4.78, 5) is 8.66. The molecule has 26 heavy (non-hydrogen) atoms. The number of aromatic nitrogens is 2. The molecule has 0 spiro atoms. The smallest absolute Gasteiger partial charge is 0.222 e. The maximum atomic E-state index is 6.13. The van der Waals surface area contributed by atoms with Crippen molar-refractivity contribution in [2.45, 2.75) is 65.9 Å². The highest BCUT2D eigenvalue weighted by Gasteiger charge is 2.25. The van der Waals surface area contributed by atoms with Crippen molar-refractivity contribution in [3.05, 3.63) is 52.5 Å². The fourth-order valence-corrected chi connectivity index (χ4v) is 3.82. The van der Waals surface area contributed by atoms with Gasteiger partial charge in [-0.1, -0.05) is 39.0 Å². The van der Waals surface area contributed by atoms with Gasteiger partial charge in [-0.25, -0.2) is 9.97 Å². The van der Waals surface area contributed by atoms with Gasteiger partial charge in [-0.2, -0.15) is 0 Å². The first-order chi connectivity index (χ1) is 12.6. The van der Waals surface area contributed by atoms with Crippen molar-refractivity contribution < 1.29 is 9.47 Å². The van der Waals surface area contributed by atoms with Crippen LogP contribution in [0, 0.1) is 6.92 Å². The van der Waals surface area contributed by atoms with Crippen LogP contribution in [0.25, 0.3) is 0 Å². The molecule has 0 radical (unpaired) electrons. The van der Waals surface area contributed by atoms with E-state index in [1.54, 1.807) is 13.4 Å². The molecule has 0 bridgehead atoms. The van der Waals surface area contributed by atoms with Crippen LogP contribution in [0.4, 0.5) is 0 Å². The molecule has 0 aliphatic carbocycles. The molecule has 4 nitrogen and oxygen atoms in total. The Morgan fingerprint density at radius 2 is 1.65 bits per heavy atom. The van der Waals surface area contributed by atoms with Gasteiger partial charge in [0.15, 0.2) is 0 Å². The van der Waals surface area contributed by atoms with Crippen LogP contribution >= 0.6 is 0 Å². The zero-order valence-electron chi connectivity index (χ0n) is 17.0. The molecule has 0 amide bonds. The summed E-state index contributed by atoms with van der Waals surface area (Å²) < 4.78 is 11.6. The maximum absolute atomic E-state index is 6.13.